The van der Waals surface area contributed by atoms with E-state index in [1.54, 1.807) is 0 Å². The van der Waals surface area contributed by atoms with Crippen molar-refractivity contribution in [3.8, 4) is 5.69 Å². The average Bonchev–Trinajstić information content (AvgIpc) is 2.70. The number of hydrogen-bond donors (Lipinski definition) is 1. The Bertz CT molecular complexity index is 488. The van der Waals surface area contributed by atoms with Crippen molar-refractivity contribution in [3.05, 3.63) is 52.8 Å². The van der Waals surface area contributed by atoms with Crippen LogP contribution in [0.3, 0.4) is 0 Å². The van der Waals surface area contributed by atoms with Gasteiger partial charge in [-0.25, -0.2) is 0 Å². The van der Waals surface area contributed by atoms with E-state index in [2.05, 4.69) is 29.1 Å². The number of hydrogen-bond acceptors (Lipinski definition) is 1. The summed E-state index contributed by atoms with van der Waals surface area (Å²) in [5.41, 5.74) is 3.59. The van der Waals surface area contributed by atoms with Gasteiger partial charge in [0.15, 0.2) is 0 Å². The van der Waals surface area contributed by atoms with Gasteiger partial charge in [0, 0.05) is 29.1 Å². The van der Waals surface area contributed by atoms with Crippen molar-refractivity contribution in [2.24, 2.45) is 0 Å². The Balaban J connectivity index is 2.49. The molecule has 0 spiro atoms. The van der Waals surface area contributed by atoms with Gasteiger partial charge in [0.05, 0.1) is 0 Å². The summed E-state index contributed by atoms with van der Waals surface area (Å²) >= 11 is 6.03. The number of nitrogens with zero attached hydrogens (tertiary/aromatic N) is 1. The molecule has 0 bridgehead atoms. The Morgan fingerprint density at radius 1 is 1.31 bits per heavy atom. The maximum atomic E-state index is 6.03. The first-order chi connectivity index (χ1) is 7.72. The molecule has 1 aromatic carbocycles. The molecule has 1 heterocycles. The van der Waals surface area contributed by atoms with E-state index >= 15 is 0 Å². The lowest BCUT2D eigenvalue weighted by atomic mass is 10.2. The van der Waals surface area contributed by atoms with E-state index in [1.807, 2.05) is 31.3 Å². The molecule has 0 radical (unpaired) electrons. The second kappa shape index (κ2) is 4.73. The summed E-state index contributed by atoms with van der Waals surface area (Å²) in [5, 5.41) is 3.93. The molecule has 0 atom stereocenters. The van der Waals surface area contributed by atoms with Crippen LogP contribution >= 0.6 is 11.6 Å². The molecular weight excluding hydrogens is 220 g/mol. The molecule has 2 rings (SSSR count). The lowest BCUT2D eigenvalue weighted by Crippen LogP contribution is -2.10. The molecule has 0 aliphatic rings. The summed E-state index contributed by atoms with van der Waals surface area (Å²) in [6.07, 6.45) is 2.06. The predicted molar refractivity (Wildman–Crippen MR) is 68.3 cm³/mol. The number of rotatable bonds is 3. The summed E-state index contributed by atoms with van der Waals surface area (Å²) in [6.45, 7) is 2.94. The van der Waals surface area contributed by atoms with E-state index < -0.39 is 0 Å². The van der Waals surface area contributed by atoms with Crippen LogP contribution in [0.25, 0.3) is 5.69 Å². The zero-order valence-electron chi connectivity index (χ0n) is 9.50. The van der Waals surface area contributed by atoms with Crippen LogP contribution < -0.4 is 5.32 Å². The maximum Gasteiger partial charge on any atom is 0.0496 e. The minimum Gasteiger partial charge on any atom is -0.319 e. The zero-order chi connectivity index (χ0) is 11.5. The SMILES string of the molecule is CNCc1cccn1-c1cc(Cl)ccc1C. The fourth-order valence-corrected chi connectivity index (χ4v) is 1.98. The molecule has 0 aliphatic heterocycles. The highest BCUT2D eigenvalue weighted by atomic mass is 35.5. The highest BCUT2D eigenvalue weighted by molar-refractivity contribution is 6.30. The first kappa shape index (κ1) is 11.2. The van der Waals surface area contributed by atoms with Crippen LogP contribution in [0.15, 0.2) is 36.5 Å². The summed E-state index contributed by atoms with van der Waals surface area (Å²) in [6, 6.07) is 10.1. The van der Waals surface area contributed by atoms with Crippen LogP contribution in [0.4, 0.5) is 0 Å². The standard InChI is InChI=1S/C13H15ClN2/c1-10-5-6-11(14)8-13(10)16-7-3-4-12(16)9-15-2/h3-8,15H,9H2,1-2H3. The van der Waals surface area contributed by atoms with Crippen LogP contribution in [0.5, 0.6) is 0 Å². The maximum absolute atomic E-state index is 6.03. The number of nitrogens with one attached hydrogen (secondary N) is 1. The summed E-state index contributed by atoms with van der Waals surface area (Å²) < 4.78 is 2.16. The second-order valence-corrected chi connectivity index (χ2v) is 4.27. The third kappa shape index (κ3) is 2.13. The summed E-state index contributed by atoms with van der Waals surface area (Å²) in [7, 11) is 1.95. The van der Waals surface area contributed by atoms with E-state index in [9.17, 15) is 0 Å². The Morgan fingerprint density at radius 2 is 2.12 bits per heavy atom. The van der Waals surface area contributed by atoms with Gasteiger partial charge in [-0.1, -0.05) is 17.7 Å². The van der Waals surface area contributed by atoms with Crippen LogP contribution in [0.1, 0.15) is 11.3 Å². The molecule has 0 amide bonds. The smallest absolute Gasteiger partial charge is 0.0496 e. The molecule has 2 aromatic rings. The molecular formula is C13H15ClN2. The van der Waals surface area contributed by atoms with E-state index in [-0.39, 0.29) is 0 Å². The lowest BCUT2D eigenvalue weighted by Gasteiger charge is -2.12. The van der Waals surface area contributed by atoms with Crippen molar-refractivity contribution < 1.29 is 0 Å². The quantitative estimate of drug-likeness (QED) is 0.863. The van der Waals surface area contributed by atoms with Gasteiger partial charge < -0.3 is 9.88 Å². The second-order valence-electron chi connectivity index (χ2n) is 3.83. The molecule has 16 heavy (non-hydrogen) atoms. The highest BCUT2D eigenvalue weighted by Crippen LogP contribution is 2.21. The van der Waals surface area contributed by atoms with Crippen LogP contribution in [-0.4, -0.2) is 11.6 Å². The van der Waals surface area contributed by atoms with Crippen molar-refractivity contribution in [2.75, 3.05) is 7.05 Å². The molecule has 0 saturated carbocycles. The Kier molecular flexibility index (Phi) is 3.32. The van der Waals surface area contributed by atoms with Crippen molar-refractivity contribution >= 4 is 11.6 Å². The van der Waals surface area contributed by atoms with Gasteiger partial charge in [0.1, 0.15) is 0 Å². The van der Waals surface area contributed by atoms with E-state index in [0.717, 1.165) is 17.3 Å². The Hall–Kier alpha value is -1.25. The van der Waals surface area contributed by atoms with Gasteiger partial charge in [0.25, 0.3) is 0 Å². The molecule has 0 unspecified atom stereocenters. The molecule has 0 fully saturated rings. The van der Waals surface area contributed by atoms with Crippen LogP contribution in [0, 0.1) is 6.92 Å². The van der Waals surface area contributed by atoms with Gasteiger partial charge in [-0.2, -0.15) is 0 Å². The first-order valence-electron chi connectivity index (χ1n) is 5.29. The number of benzene rings is 1. The lowest BCUT2D eigenvalue weighted by molar-refractivity contribution is 0.767. The predicted octanol–water partition coefficient (Wildman–Crippen LogP) is 3.16. The number of halogens is 1. The molecule has 0 saturated heterocycles. The monoisotopic (exact) mass is 234 g/mol. The zero-order valence-corrected chi connectivity index (χ0v) is 10.3. The van der Waals surface area contributed by atoms with Crippen molar-refractivity contribution in [3.63, 3.8) is 0 Å². The number of aromatic nitrogens is 1. The van der Waals surface area contributed by atoms with Gasteiger partial charge in [0.2, 0.25) is 0 Å². The van der Waals surface area contributed by atoms with E-state index in [1.165, 1.54) is 11.3 Å². The van der Waals surface area contributed by atoms with Crippen molar-refractivity contribution in [2.45, 2.75) is 13.5 Å². The molecule has 2 nitrogen and oxygen atoms in total. The minimum absolute atomic E-state index is 0.768. The summed E-state index contributed by atoms with van der Waals surface area (Å²) in [5.74, 6) is 0. The minimum atomic E-state index is 0.768. The van der Waals surface area contributed by atoms with Gasteiger partial charge >= 0.3 is 0 Å². The van der Waals surface area contributed by atoms with E-state index in [4.69, 9.17) is 11.6 Å². The van der Waals surface area contributed by atoms with Gasteiger partial charge in [-0.15, -0.1) is 0 Å². The summed E-state index contributed by atoms with van der Waals surface area (Å²) in [4.78, 5) is 0. The van der Waals surface area contributed by atoms with E-state index in [0.29, 0.717) is 0 Å². The number of aryl methyl sites for hydroxylation is 1. The topological polar surface area (TPSA) is 17.0 Å². The molecule has 3 heteroatoms. The first-order valence-corrected chi connectivity index (χ1v) is 5.67. The molecule has 84 valence electrons. The normalized spacial score (nSPS) is 10.7. The molecule has 0 aliphatic carbocycles. The largest absolute Gasteiger partial charge is 0.319 e. The highest BCUT2D eigenvalue weighted by Gasteiger charge is 2.05. The molecule has 1 aromatic heterocycles. The van der Waals surface area contributed by atoms with Crippen LogP contribution in [0.2, 0.25) is 5.02 Å². The van der Waals surface area contributed by atoms with Crippen molar-refractivity contribution in [1.82, 2.24) is 9.88 Å². The Labute approximate surface area is 101 Å². The van der Waals surface area contributed by atoms with Gasteiger partial charge in [-0.3, -0.25) is 0 Å². The Morgan fingerprint density at radius 3 is 2.88 bits per heavy atom. The van der Waals surface area contributed by atoms with Gasteiger partial charge in [-0.05, 0) is 43.8 Å². The third-order valence-electron chi connectivity index (χ3n) is 2.62. The van der Waals surface area contributed by atoms with Crippen molar-refractivity contribution in [1.29, 1.82) is 0 Å². The fraction of sp³-hybridized carbons (Fsp3) is 0.231. The fourth-order valence-electron chi connectivity index (χ4n) is 1.82. The molecule has 1 N–H and O–H groups in total. The third-order valence-corrected chi connectivity index (χ3v) is 2.86. The van der Waals surface area contributed by atoms with Crippen LogP contribution in [-0.2, 0) is 6.54 Å². The average molecular weight is 235 g/mol.